The predicted molar refractivity (Wildman–Crippen MR) is 72.3 cm³/mol. The van der Waals surface area contributed by atoms with Crippen molar-refractivity contribution in [3.05, 3.63) is 58.1 Å². The fourth-order valence-corrected chi connectivity index (χ4v) is 2.62. The molecule has 1 aliphatic rings. The van der Waals surface area contributed by atoms with E-state index in [9.17, 15) is 0 Å². The van der Waals surface area contributed by atoms with Gasteiger partial charge in [0.15, 0.2) is 0 Å². The maximum absolute atomic E-state index is 9.05. The second kappa shape index (κ2) is 4.09. The number of aliphatic imine (C=N–C) groups is 1. The van der Waals surface area contributed by atoms with Crippen LogP contribution in [0.25, 0.3) is 11.1 Å². The van der Waals surface area contributed by atoms with E-state index in [1.807, 2.05) is 30.3 Å². The zero-order valence-electron chi connectivity index (χ0n) is 9.02. The summed E-state index contributed by atoms with van der Waals surface area (Å²) < 4.78 is 1.02. The first-order valence-corrected chi connectivity index (χ1v) is 6.15. The minimum absolute atomic E-state index is 0.185. The van der Waals surface area contributed by atoms with Crippen molar-refractivity contribution in [3.8, 4) is 11.1 Å². The molecule has 0 saturated carbocycles. The zero-order chi connectivity index (χ0) is 11.8. The average Bonchev–Trinajstić information content (AvgIpc) is 2.65. The summed E-state index contributed by atoms with van der Waals surface area (Å²) in [4.78, 5) is 4.20. The van der Waals surface area contributed by atoms with Gasteiger partial charge in [-0.25, -0.2) is 0 Å². The summed E-state index contributed by atoms with van der Waals surface area (Å²) >= 11 is 3.47. The number of halogens is 1. The van der Waals surface area contributed by atoms with Gasteiger partial charge in [-0.2, -0.15) is 0 Å². The summed E-state index contributed by atoms with van der Waals surface area (Å²) in [5.74, 6) is 0. The van der Waals surface area contributed by atoms with Crippen LogP contribution in [0.1, 0.15) is 11.1 Å². The predicted octanol–water partition coefficient (Wildman–Crippen LogP) is 3.22. The van der Waals surface area contributed by atoms with E-state index in [1.54, 1.807) is 0 Å². The third-order valence-corrected chi connectivity index (χ3v) is 3.43. The summed E-state index contributed by atoms with van der Waals surface area (Å²) in [6, 6.07) is 14.3. The maximum Gasteiger partial charge on any atom is 0.135 e. The highest BCUT2D eigenvalue weighted by Gasteiger charge is 2.23. The van der Waals surface area contributed by atoms with Crippen LogP contribution in [0.5, 0.6) is 0 Å². The molecule has 2 nitrogen and oxygen atoms in total. The van der Waals surface area contributed by atoms with Gasteiger partial charge < -0.3 is 5.11 Å². The van der Waals surface area contributed by atoms with E-state index < -0.39 is 0 Å². The largest absolute Gasteiger partial charge is 0.375 e. The first kappa shape index (κ1) is 10.7. The third kappa shape index (κ3) is 1.63. The molecule has 17 heavy (non-hydrogen) atoms. The Labute approximate surface area is 108 Å². The van der Waals surface area contributed by atoms with Crippen LogP contribution in [-0.4, -0.2) is 17.5 Å². The molecule has 0 heterocycles. The van der Waals surface area contributed by atoms with Gasteiger partial charge in [-0.05, 0) is 23.3 Å². The third-order valence-electron chi connectivity index (χ3n) is 2.94. The monoisotopic (exact) mass is 287 g/mol. The van der Waals surface area contributed by atoms with E-state index in [2.05, 4.69) is 33.1 Å². The van der Waals surface area contributed by atoms with Gasteiger partial charge in [0.05, 0.1) is 5.71 Å². The van der Waals surface area contributed by atoms with Crippen LogP contribution < -0.4 is 0 Å². The summed E-state index contributed by atoms with van der Waals surface area (Å²) in [6.45, 7) is -0.185. The Morgan fingerprint density at radius 3 is 2.41 bits per heavy atom. The van der Waals surface area contributed by atoms with Crippen LogP contribution in [0.4, 0.5) is 0 Å². The van der Waals surface area contributed by atoms with Crippen molar-refractivity contribution in [2.24, 2.45) is 4.99 Å². The lowest BCUT2D eigenvalue weighted by Crippen LogP contribution is -1.99. The highest BCUT2D eigenvalue weighted by atomic mass is 79.9. The van der Waals surface area contributed by atoms with Crippen LogP contribution in [0.3, 0.4) is 0 Å². The van der Waals surface area contributed by atoms with Crippen molar-refractivity contribution >= 4 is 21.6 Å². The molecule has 0 amide bonds. The molecule has 1 N–H and O–H groups in total. The minimum Gasteiger partial charge on any atom is -0.375 e. The summed E-state index contributed by atoms with van der Waals surface area (Å²) in [5.41, 5.74) is 5.40. The highest BCUT2D eigenvalue weighted by Crippen LogP contribution is 2.38. The van der Waals surface area contributed by atoms with Gasteiger partial charge >= 0.3 is 0 Å². The number of aliphatic hydroxyl groups is 1. The molecule has 0 unspecified atom stereocenters. The molecule has 0 fully saturated rings. The Bertz CT molecular complexity index is 619. The van der Waals surface area contributed by atoms with Crippen LogP contribution >= 0.6 is 15.9 Å². The van der Waals surface area contributed by atoms with Gasteiger partial charge in [-0.3, -0.25) is 4.99 Å². The molecule has 0 saturated heterocycles. The number of benzene rings is 2. The molecular weight excluding hydrogens is 278 g/mol. The number of rotatable bonds is 1. The second-order valence-corrected chi connectivity index (χ2v) is 4.80. The molecule has 2 aromatic carbocycles. The molecule has 3 heteroatoms. The Morgan fingerprint density at radius 1 is 0.941 bits per heavy atom. The lowest BCUT2D eigenvalue weighted by atomic mass is 10.1. The number of hydrogen-bond donors (Lipinski definition) is 1. The molecule has 0 atom stereocenters. The van der Waals surface area contributed by atoms with Crippen molar-refractivity contribution in [2.75, 3.05) is 6.73 Å². The Hall–Kier alpha value is -1.45. The number of hydrogen-bond acceptors (Lipinski definition) is 2. The van der Waals surface area contributed by atoms with E-state index in [0.29, 0.717) is 0 Å². The number of nitrogens with zero attached hydrogens (tertiary/aromatic N) is 1. The van der Waals surface area contributed by atoms with Crippen LogP contribution in [0.15, 0.2) is 51.9 Å². The Kier molecular flexibility index (Phi) is 2.57. The Morgan fingerprint density at radius 2 is 1.65 bits per heavy atom. The van der Waals surface area contributed by atoms with Crippen molar-refractivity contribution in [1.29, 1.82) is 0 Å². The van der Waals surface area contributed by atoms with Gasteiger partial charge in [0, 0.05) is 15.6 Å². The molecule has 84 valence electrons. The normalized spacial score (nSPS) is 14.8. The van der Waals surface area contributed by atoms with Gasteiger partial charge in [0.1, 0.15) is 6.73 Å². The zero-order valence-corrected chi connectivity index (χ0v) is 10.6. The van der Waals surface area contributed by atoms with Crippen LogP contribution in [0.2, 0.25) is 0 Å². The molecule has 1 aliphatic carbocycles. The van der Waals surface area contributed by atoms with Crippen molar-refractivity contribution in [1.82, 2.24) is 0 Å². The fourth-order valence-electron chi connectivity index (χ4n) is 2.26. The number of fused-ring (bicyclic) bond motifs is 3. The standard InChI is InChI=1S/C14H10BrNO/c15-9-5-6-11-10-3-1-2-4-12(10)14(16-8-17)13(11)7-9/h1-7,17H,8H2/b16-14-. The molecule has 3 rings (SSSR count). The van der Waals surface area contributed by atoms with Crippen LogP contribution in [0, 0.1) is 0 Å². The quantitative estimate of drug-likeness (QED) is 0.732. The van der Waals surface area contributed by atoms with E-state index >= 15 is 0 Å². The lowest BCUT2D eigenvalue weighted by Gasteiger charge is -2.01. The molecule has 0 radical (unpaired) electrons. The van der Waals surface area contributed by atoms with Gasteiger partial charge in [-0.1, -0.05) is 46.3 Å². The molecule has 2 aromatic rings. The SMILES string of the molecule is OC/N=C1/c2ccccc2-c2ccc(Br)cc21. The average molecular weight is 288 g/mol. The fraction of sp³-hybridized carbons (Fsp3) is 0.0714. The highest BCUT2D eigenvalue weighted by molar-refractivity contribution is 9.10. The van der Waals surface area contributed by atoms with Crippen LogP contribution in [-0.2, 0) is 0 Å². The smallest absolute Gasteiger partial charge is 0.135 e. The molecule has 0 spiro atoms. The van der Waals surface area contributed by atoms with Gasteiger partial charge in [0.2, 0.25) is 0 Å². The molecule has 0 aliphatic heterocycles. The van der Waals surface area contributed by atoms with Crippen molar-refractivity contribution in [2.45, 2.75) is 0 Å². The summed E-state index contributed by atoms with van der Waals surface area (Å²) in [6.07, 6.45) is 0. The molecular formula is C14H10BrNO. The summed E-state index contributed by atoms with van der Waals surface area (Å²) in [5, 5.41) is 9.05. The van der Waals surface area contributed by atoms with Crippen molar-refractivity contribution < 1.29 is 5.11 Å². The second-order valence-electron chi connectivity index (χ2n) is 3.88. The van der Waals surface area contributed by atoms with E-state index in [-0.39, 0.29) is 6.73 Å². The van der Waals surface area contributed by atoms with E-state index in [1.165, 1.54) is 11.1 Å². The summed E-state index contributed by atoms with van der Waals surface area (Å²) in [7, 11) is 0. The minimum atomic E-state index is -0.185. The first-order chi connectivity index (χ1) is 8.31. The van der Waals surface area contributed by atoms with Gasteiger partial charge in [-0.15, -0.1) is 0 Å². The van der Waals surface area contributed by atoms with E-state index in [0.717, 1.165) is 21.3 Å². The lowest BCUT2D eigenvalue weighted by molar-refractivity contribution is 0.309. The number of aliphatic hydroxyl groups excluding tert-OH is 1. The molecule has 0 aromatic heterocycles. The van der Waals surface area contributed by atoms with Crippen molar-refractivity contribution in [3.63, 3.8) is 0 Å². The maximum atomic E-state index is 9.05. The molecule has 0 bridgehead atoms. The Balaban J connectivity index is 2.34. The topological polar surface area (TPSA) is 32.6 Å². The first-order valence-electron chi connectivity index (χ1n) is 5.36. The van der Waals surface area contributed by atoms with E-state index in [4.69, 9.17) is 5.11 Å². The van der Waals surface area contributed by atoms with Gasteiger partial charge in [0.25, 0.3) is 0 Å².